The number of carbonyl (C=O) groups excluding carboxylic acids is 1. The van der Waals surface area contributed by atoms with Gasteiger partial charge in [-0.15, -0.1) is 0 Å². The summed E-state index contributed by atoms with van der Waals surface area (Å²) in [6.45, 7) is 3.60. The van der Waals surface area contributed by atoms with Gasteiger partial charge in [-0.3, -0.25) is 14.3 Å². The molecule has 0 unspecified atom stereocenters. The quantitative estimate of drug-likeness (QED) is 0.254. The van der Waals surface area contributed by atoms with Crippen LogP contribution in [0.4, 0.5) is 23.2 Å². The monoisotopic (exact) mass is 554 g/mol. The van der Waals surface area contributed by atoms with Gasteiger partial charge in [0.2, 0.25) is 5.91 Å². The predicted octanol–water partition coefficient (Wildman–Crippen LogP) is 5.62. The molecule has 0 spiro atoms. The minimum Gasteiger partial charge on any atom is -0.452 e. The van der Waals surface area contributed by atoms with Crippen LogP contribution >= 0.6 is 0 Å². The number of fused-ring (bicyclic) bond motifs is 1. The number of amides is 1. The molecule has 1 amide bonds. The van der Waals surface area contributed by atoms with Crippen LogP contribution in [-0.2, 0) is 17.4 Å². The van der Waals surface area contributed by atoms with E-state index < -0.39 is 35.7 Å². The number of H-pyrrole nitrogens is 1. The summed E-state index contributed by atoms with van der Waals surface area (Å²) < 4.78 is 64.5. The Hall–Kier alpha value is -4.94. The van der Waals surface area contributed by atoms with Gasteiger partial charge in [0.15, 0.2) is 28.7 Å². The number of nitrogens with one attached hydrogen (secondary N) is 2. The van der Waals surface area contributed by atoms with E-state index in [2.05, 4.69) is 20.4 Å². The summed E-state index contributed by atoms with van der Waals surface area (Å²) in [5.74, 6) is -1.65. The van der Waals surface area contributed by atoms with Crippen LogP contribution in [-0.4, -0.2) is 30.2 Å². The highest BCUT2D eigenvalue weighted by atomic mass is 19.4. The Labute approximate surface area is 224 Å². The first-order chi connectivity index (χ1) is 19.0. The summed E-state index contributed by atoms with van der Waals surface area (Å²) >= 11 is 0. The molecule has 3 heterocycles. The lowest BCUT2D eigenvalue weighted by Crippen LogP contribution is -2.19. The third-order valence-corrected chi connectivity index (χ3v) is 5.99. The van der Waals surface area contributed by atoms with Crippen molar-refractivity contribution in [2.75, 3.05) is 5.32 Å². The van der Waals surface area contributed by atoms with Crippen molar-refractivity contribution in [1.82, 2.24) is 24.3 Å². The van der Waals surface area contributed by atoms with E-state index >= 15 is 0 Å². The lowest BCUT2D eigenvalue weighted by molar-refractivity contribution is -0.143. The fourth-order valence-corrected chi connectivity index (χ4v) is 4.34. The second kappa shape index (κ2) is 10.3. The first-order valence-corrected chi connectivity index (χ1v) is 12.1. The third-order valence-electron chi connectivity index (χ3n) is 5.99. The van der Waals surface area contributed by atoms with Crippen LogP contribution in [0.1, 0.15) is 31.1 Å². The second-order valence-electron chi connectivity index (χ2n) is 9.14. The maximum Gasteiger partial charge on any atom is 0.433 e. The predicted molar refractivity (Wildman–Crippen MR) is 138 cm³/mol. The number of hydrogen-bond acceptors (Lipinski definition) is 5. The number of anilines is 1. The molecule has 0 atom stereocenters. The summed E-state index contributed by atoms with van der Waals surface area (Å²) in [5, 5.41) is 6.24. The summed E-state index contributed by atoms with van der Waals surface area (Å²) in [6.07, 6.45) is -3.03. The number of nitrogens with zero attached hydrogens (tertiary/aromatic N) is 4. The zero-order valence-electron chi connectivity index (χ0n) is 21.2. The summed E-state index contributed by atoms with van der Waals surface area (Å²) in [7, 11) is 0. The highest BCUT2D eigenvalue weighted by molar-refractivity contribution is 5.92. The number of carbonyl (C=O) groups is 1. The van der Waals surface area contributed by atoms with Gasteiger partial charge in [-0.1, -0.05) is 18.2 Å². The van der Waals surface area contributed by atoms with Crippen molar-refractivity contribution in [3.05, 3.63) is 94.5 Å². The number of pyridine rings is 1. The minimum atomic E-state index is -4.77. The van der Waals surface area contributed by atoms with Crippen LogP contribution in [0.3, 0.4) is 0 Å². The van der Waals surface area contributed by atoms with E-state index in [1.165, 1.54) is 41.1 Å². The molecule has 0 radical (unpaired) electrons. The lowest BCUT2D eigenvalue weighted by Gasteiger charge is -2.14. The molecule has 0 aliphatic heterocycles. The average Bonchev–Trinajstić information content (AvgIpc) is 3.47. The van der Waals surface area contributed by atoms with E-state index in [9.17, 15) is 27.2 Å². The zero-order valence-corrected chi connectivity index (χ0v) is 21.2. The number of imidazole rings is 1. The molecule has 206 valence electrons. The van der Waals surface area contributed by atoms with E-state index in [-0.39, 0.29) is 40.1 Å². The molecular weight excluding hydrogens is 532 g/mol. The average molecular weight is 555 g/mol. The Balaban J connectivity index is 1.35. The number of halogens is 4. The highest BCUT2D eigenvalue weighted by Gasteiger charge is 2.39. The van der Waals surface area contributed by atoms with Crippen LogP contribution in [0.25, 0.3) is 16.9 Å². The molecule has 13 heteroatoms. The molecule has 5 rings (SSSR count). The van der Waals surface area contributed by atoms with Gasteiger partial charge in [0.25, 0.3) is 0 Å². The molecule has 0 fully saturated rings. The van der Waals surface area contributed by atoms with Gasteiger partial charge < -0.3 is 10.1 Å². The second-order valence-corrected chi connectivity index (χ2v) is 9.14. The molecule has 2 N–H and O–H groups in total. The minimum absolute atomic E-state index is 0.0134. The number of hydrogen-bond donors (Lipinski definition) is 2. The third kappa shape index (κ3) is 5.17. The summed E-state index contributed by atoms with van der Waals surface area (Å²) in [6, 6.07) is 12.6. The largest absolute Gasteiger partial charge is 0.452 e. The lowest BCUT2D eigenvalue weighted by atomic mass is 10.1. The SMILES string of the molecule is CC(C)n1c(=O)[nH]c2nccc(Oc3ccc(NC(=O)Cc4cnn(-c5ccccc5)c4C(F)(F)F)cc3F)c21. The van der Waals surface area contributed by atoms with Gasteiger partial charge in [-0.05, 0) is 38.1 Å². The Kier molecular flexibility index (Phi) is 6.88. The van der Waals surface area contributed by atoms with E-state index in [4.69, 9.17) is 4.74 Å². The Morgan fingerprint density at radius 1 is 1.10 bits per heavy atom. The van der Waals surface area contributed by atoms with Crippen molar-refractivity contribution in [1.29, 1.82) is 0 Å². The van der Waals surface area contributed by atoms with Crippen LogP contribution < -0.4 is 15.7 Å². The highest BCUT2D eigenvalue weighted by Crippen LogP contribution is 2.34. The smallest absolute Gasteiger partial charge is 0.433 e. The standard InChI is InChI=1S/C27H22F4N6O3/c1-15(2)36-23-21(10-11-32-25(23)35-26(36)39)40-20-9-8-17(13-19(20)28)34-22(38)12-16-14-33-37(24(16)27(29,30)31)18-6-4-3-5-7-18/h3-11,13-15H,12H2,1-2H3,(H,34,38)(H,32,35,39). The van der Waals surface area contributed by atoms with Crippen LogP contribution in [0.5, 0.6) is 11.5 Å². The first-order valence-electron chi connectivity index (χ1n) is 12.1. The van der Waals surface area contributed by atoms with Crippen LogP contribution in [0.15, 0.2) is 71.8 Å². The number of para-hydroxylation sites is 1. The number of rotatable bonds is 7. The zero-order chi connectivity index (χ0) is 28.6. The molecule has 5 aromatic rings. The van der Waals surface area contributed by atoms with Gasteiger partial charge in [-0.25, -0.2) is 18.9 Å². The summed E-state index contributed by atoms with van der Waals surface area (Å²) in [4.78, 5) is 31.7. The van der Waals surface area contributed by atoms with Crippen LogP contribution in [0, 0.1) is 5.82 Å². The van der Waals surface area contributed by atoms with E-state index in [1.54, 1.807) is 32.0 Å². The Morgan fingerprint density at radius 3 is 2.52 bits per heavy atom. The fraction of sp³-hybridized carbons (Fsp3) is 0.185. The van der Waals surface area contributed by atoms with Crippen molar-refractivity contribution in [2.24, 2.45) is 0 Å². The maximum atomic E-state index is 15.0. The Morgan fingerprint density at radius 2 is 1.85 bits per heavy atom. The van der Waals surface area contributed by atoms with Crippen molar-refractivity contribution in [2.45, 2.75) is 32.5 Å². The topological polar surface area (TPSA) is 107 Å². The first kappa shape index (κ1) is 26.7. The number of aromatic amines is 1. The maximum absolute atomic E-state index is 15.0. The molecule has 40 heavy (non-hydrogen) atoms. The van der Waals surface area contributed by atoms with E-state index in [1.807, 2.05) is 0 Å². The van der Waals surface area contributed by atoms with Gasteiger partial charge >= 0.3 is 11.9 Å². The molecule has 0 saturated carbocycles. The van der Waals surface area contributed by atoms with Crippen molar-refractivity contribution in [3.8, 4) is 17.2 Å². The van der Waals surface area contributed by atoms with Crippen molar-refractivity contribution < 1.29 is 27.1 Å². The number of benzene rings is 2. The van der Waals surface area contributed by atoms with Gasteiger partial charge in [0.1, 0.15) is 5.52 Å². The van der Waals surface area contributed by atoms with Crippen LogP contribution in [0.2, 0.25) is 0 Å². The summed E-state index contributed by atoms with van der Waals surface area (Å²) in [5.41, 5.74) is -0.967. The van der Waals surface area contributed by atoms with E-state index in [0.717, 1.165) is 16.9 Å². The molecule has 3 aromatic heterocycles. The molecule has 0 aliphatic rings. The number of aromatic nitrogens is 5. The van der Waals surface area contributed by atoms with Crippen molar-refractivity contribution >= 4 is 22.8 Å². The molecular formula is C27H22F4N6O3. The Bertz CT molecular complexity index is 1760. The molecule has 0 saturated heterocycles. The fourth-order valence-electron chi connectivity index (χ4n) is 4.34. The van der Waals surface area contributed by atoms with Gasteiger partial charge in [-0.2, -0.15) is 18.3 Å². The molecule has 2 aromatic carbocycles. The van der Waals surface area contributed by atoms with Gasteiger partial charge in [0.05, 0.1) is 18.3 Å². The van der Waals surface area contributed by atoms with Gasteiger partial charge in [0, 0.05) is 35.6 Å². The number of ether oxygens (including phenoxy) is 1. The normalized spacial score (nSPS) is 11.8. The molecule has 0 aliphatic carbocycles. The van der Waals surface area contributed by atoms with E-state index in [0.29, 0.717) is 5.52 Å². The van der Waals surface area contributed by atoms with Crippen molar-refractivity contribution in [3.63, 3.8) is 0 Å². The molecule has 9 nitrogen and oxygen atoms in total. The molecule has 0 bridgehead atoms. The number of alkyl halides is 3.